The molecule has 0 bridgehead atoms. The third kappa shape index (κ3) is 4.07. The van der Waals surface area contributed by atoms with Crippen LogP contribution >= 0.6 is 0 Å². The Morgan fingerprint density at radius 3 is 2.87 bits per heavy atom. The van der Waals surface area contributed by atoms with Crippen molar-refractivity contribution in [3.05, 3.63) is 48.7 Å². The van der Waals surface area contributed by atoms with Crippen LogP contribution in [0.15, 0.2) is 48.7 Å². The molecule has 1 saturated heterocycles. The number of aromatic nitrogens is 1. The topological polar surface area (TPSA) is 57.3 Å². The van der Waals surface area contributed by atoms with Crippen molar-refractivity contribution < 1.29 is 4.79 Å². The molecule has 1 atom stereocenters. The minimum absolute atomic E-state index is 0.154. The van der Waals surface area contributed by atoms with Crippen molar-refractivity contribution in [1.29, 1.82) is 0 Å². The predicted octanol–water partition coefficient (Wildman–Crippen LogP) is 2.96. The highest BCUT2D eigenvalue weighted by molar-refractivity contribution is 5.90. The molecule has 1 aromatic heterocycles. The molecule has 2 amide bonds. The molecule has 0 spiro atoms. The van der Waals surface area contributed by atoms with Gasteiger partial charge < -0.3 is 15.5 Å². The number of pyridine rings is 1. The van der Waals surface area contributed by atoms with Crippen molar-refractivity contribution in [2.24, 2.45) is 0 Å². The summed E-state index contributed by atoms with van der Waals surface area (Å²) in [5.41, 5.74) is 2.63. The van der Waals surface area contributed by atoms with Crippen LogP contribution < -0.4 is 10.6 Å². The second kappa shape index (κ2) is 7.24. The number of benzene rings is 1. The van der Waals surface area contributed by atoms with E-state index in [-0.39, 0.29) is 12.1 Å². The standard InChI is InChI=1S/C18H22N4O/c1-2-22-11-9-16(13-22)21-18(23)20-15-8-10-19-17(12-15)14-6-4-3-5-7-14/h3-8,10,12,16H,2,9,11,13H2,1H3,(H2,19,20,21,23). The Morgan fingerprint density at radius 2 is 2.13 bits per heavy atom. The first kappa shape index (κ1) is 15.5. The Kier molecular flexibility index (Phi) is 4.88. The first-order chi connectivity index (χ1) is 11.2. The third-order valence-corrected chi connectivity index (χ3v) is 4.14. The van der Waals surface area contributed by atoms with Gasteiger partial charge in [-0.3, -0.25) is 4.98 Å². The quantitative estimate of drug-likeness (QED) is 0.913. The largest absolute Gasteiger partial charge is 0.334 e. The van der Waals surface area contributed by atoms with Gasteiger partial charge in [0.2, 0.25) is 0 Å². The number of urea groups is 1. The zero-order valence-corrected chi connectivity index (χ0v) is 13.3. The molecule has 120 valence electrons. The van der Waals surface area contributed by atoms with Gasteiger partial charge in [0.15, 0.2) is 0 Å². The summed E-state index contributed by atoms with van der Waals surface area (Å²) in [6.45, 7) is 5.15. The highest BCUT2D eigenvalue weighted by Gasteiger charge is 2.22. The van der Waals surface area contributed by atoms with E-state index in [1.165, 1.54) is 0 Å². The molecule has 0 aliphatic carbocycles. The van der Waals surface area contributed by atoms with E-state index in [2.05, 4.69) is 27.4 Å². The summed E-state index contributed by atoms with van der Waals surface area (Å²) >= 11 is 0. The molecule has 1 unspecified atom stereocenters. The van der Waals surface area contributed by atoms with E-state index in [4.69, 9.17) is 0 Å². The molecular weight excluding hydrogens is 288 g/mol. The van der Waals surface area contributed by atoms with Crippen LogP contribution in [-0.4, -0.2) is 41.6 Å². The maximum atomic E-state index is 12.2. The van der Waals surface area contributed by atoms with Gasteiger partial charge in [0.1, 0.15) is 0 Å². The van der Waals surface area contributed by atoms with Crippen LogP contribution in [0, 0.1) is 0 Å². The van der Waals surface area contributed by atoms with E-state index in [0.29, 0.717) is 0 Å². The first-order valence-electron chi connectivity index (χ1n) is 8.06. The Bertz CT molecular complexity index is 659. The Morgan fingerprint density at radius 1 is 1.30 bits per heavy atom. The average Bonchev–Trinajstić information content (AvgIpc) is 3.03. The van der Waals surface area contributed by atoms with Gasteiger partial charge in [0.05, 0.1) is 5.69 Å². The molecule has 1 fully saturated rings. The second-order valence-corrected chi connectivity index (χ2v) is 5.77. The Labute approximate surface area is 136 Å². The molecule has 3 rings (SSSR count). The van der Waals surface area contributed by atoms with E-state index in [1.807, 2.05) is 36.4 Å². The van der Waals surface area contributed by atoms with E-state index < -0.39 is 0 Å². The van der Waals surface area contributed by atoms with Gasteiger partial charge >= 0.3 is 6.03 Å². The van der Waals surface area contributed by atoms with E-state index in [1.54, 1.807) is 12.3 Å². The van der Waals surface area contributed by atoms with Crippen molar-refractivity contribution in [3.8, 4) is 11.3 Å². The van der Waals surface area contributed by atoms with E-state index in [9.17, 15) is 4.79 Å². The summed E-state index contributed by atoms with van der Waals surface area (Å²) in [5, 5.41) is 5.94. The van der Waals surface area contributed by atoms with Crippen molar-refractivity contribution in [1.82, 2.24) is 15.2 Å². The summed E-state index contributed by atoms with van der Waals surface area (Å²) in [7, 11) is 0. The lowest BCUT2D eigenvalue weighted by molar-refractivity contribution is 0.248. The fourth-order valence-electron chi connectivity index (χ4n) is 2.87. The Balaban J connectivity index is 1.61. The predicted molar refractivity (Wildman–Crippen MR) is 92.3 cm³/mol. The van der Waals surface area contributed by atoms with Gasteiger partial charge in [-0.05, 0) is 25.1 Å². The highest BCUT2D eigenvalue weighted by atomic mass is 16.2. The number of anilines is 1. The lowest BCUT2D eigenvalue weighted by Crippen LogP contribution is -2.39. The summed E-state index contributed by atoms with van der Waals surface area (Å²) in [4.78, 5) is 18.9. The van der Waals surface area contributed by atoms with Crippen molar-refractivity contribution in [2.75, 3.05) is 25.0 Å². The maximum Gasteiger partial charge on any atom is 0.319 e. The zero-order chi connectivity index (χ0) is 16.1. The van der Waals surface area contributed by atoms with Crippen LogP contribution in [0.25, 0.3) is 11.3 Å². The van der Waals surface area contributed by atoms with Crippen molar-refractivity contribution in [2.45, 2.75) is 19.4 Å². The lowest BCUT2D eigenvalue weighted by Gasteiger charge is -2.15. The van der Waals surface area contributed by atoms with Crippen LogP contribution in [0.2, 0.25) is 0 Å². The van der Waals surface area contributed by atoms with Gasteiger partial charge in [0, 0.05) is 36.6 Å². The number of hydrogen-bond acceptors (Lipinski definition) is 3. The van der Waals surface area contributed by atoms with E-state index in [0.717, 1.165) is 43.0 Å². The summed E-state index contributed by atoms with van der Waals surface area (Å²) in [5.74, 6) is 0. The van der Waals surface area contributed by atoms with Gasteiger partial charge in [-0.2, -0.15) is 0 Å². The van der Waals surface area contributed by atoms with Crippen molar-refractivity contribution >= 4 is 11.7 Å². The van der Waals surface area contributed by atoms with Gasteiger partial charge in [-0.1, -0.05) is 37.3 Å². The van der Waals surface area contributed by atoms with Gasteiger partial charge in [-0.25, -0.2) is 4.79 Å². The molecule has 2 aromatic rings. The Hall–Kier alpha value is -2.40. The number of carbonyl (C=O) groups is 1. The number of amides is 2. The summed E-state index contributed by atoms with van der Waals surface area (Å²) in [6.07, 6.45) is 2.72. The van der Waals surface area contributed by atoms with Crippen LogP contribution in [0.3, 0.4) is 0 Å². The van der Waals surface area contributed by atoms with Crippen LogP contribution in [-0.2, 0) is 0 Å². The van der Waals surface area contributed by atoms with E-state index >= 15 is 0 Å². The average molecular weight is 310 g/mol. The zero-order valence-electron chi connectivity index (χ0n) is 13.3. The maximum absolute atomic E-state index is 12.2. The van der Waals surface area contributed by atoms with Crippen molar-refractivity contribution in [3.63, 3.8) is 0 Å². The molecule has 2 heterocycles. The lowest BCUT2D eigenvalue weighted by atomic mass is 10.1. The molecule has 2 N–H and O–H groups in total. The second-order valence-electron chi connectivity index (χ2n) is 5.77. The SMILES string of the molecule is CCN1CCC(NC(=O)Nc2ccnc(-c3ccccc3)c2)C1. The smallest absolute Gasteiger partial charge is 0.319 e. The molecule has 1 aliphatic heterocycles. The number of hydrogen-bond donors (Lipinski definition) is 2. The number of carbonyl (C=O) groups excluding carboxylic acids is 1. The molecule has 1 aromatic carbocycles. The van der Waals surface area contributed by atoms with Crippen LogP contribution in [0.5, 0.6) is 0 Å². The number of nitrogens with zero attached hydrogens (tertiary/aromatic N) is 2. The molecule has 5 heteroatoms. The minimum Gasteiger partial charge on any atom is -0.334 e. The molecule has 23 heavy (non-hydrogen) atoms. The van der Waals surface area contributed by atoms with Crippen LogP contribution in [0.1, 0.15) is 13.3 Å². The summed E-state index contributed by atoms with van der Waals surface area (Å²) < 4.78 is 0. The van der Waals surface area contributed by atoms with Gasteiger partial charge in [-0.15, -0.1) is 0 Å². The molecule has 1 aliphatic rings. The fraction of sp³-hybridized carbons (Fsp3) is 0.333. The summed E-state index contributed by atoms with van der Waals surface area (Å²) in [6, 6.07) is 13.7. The number of likely N-dealkylation sites (tertiary alicyclic amines) is 1. The third-order valence-electron chi connectivity index (χ3n) is 4.14. The number of nitrogens with one attached hydrogen (secondary N) is 2. The molecular formula is C18H22N4O. The molecule has 0 radical (unpaired) electrons. The fourth-order valence-corrected chi connectivity index (χ4v) is 2.87. The normalized spacial score (nSPS) is 17.9. The number of likely N-dealkylation sites (N-methyl/N-ethyl adjacent to an activating group) is 1. The van der Waals surface area contributed by atoms with Crippen LogP contribution in [0.4, 0.5) is 10.5 Å². The molecule has 5 nitrogen and oxygen atoms in total. The minimum atomic E-state index is -0.154. The molecule has 0 saturated carbocycles. The van der Waals surface area contributed by atoms with Gasteiger partial charge in [0.25, 0.3) is 0 Å². The monoisotopic (exact) mass is 310 g/mol. The first-order valence-corrected chi connectivity index (χ1v) is 8.06. The number of rotatable bonds is 4. The highest BCUT2D eigenvalue weighted by Crippen LogP contribution is 2.19.